The SMILES string of the molecule is CC1(c2cnccc2-n2cc(Cl)cn2)OCC[C@@H]1NC(=O)C1CCNCC1. The van der Waals surface area contributed by atoms with Crippen LogP contribution in [0.5, 0.6) is 0 Å². The normalized spacial score (nSPS) is 26.2. The molecule has 2 aromatic rings. The topological polar surface area (TPSA) is 81.1 Å². The molecule has 2 aliphatic rings. The molecule has 2 atom stereocenters. The van der Waals surface area contributed by atoms with Crippen LogP contribution in [0.1, 0.15) is 31.7 Å². The number of rotatable bonds is 4. The van der Waals surface area contributed by atoms with Gasteiger partial charge in [0.25, 0.3) is 0 Å². The molecule has 4 rings (SSSR count). The fourth-order valence-electron chi connectivity index (χ4n) is 4.02. The van der Waals surface area contributed by atoms with E-state index in [1.165, 1.54) is 0 Å². The summed E-state index contributed by atoms with van der Waals surface area (Å²) >= 11 is 6.05. The maximum Gasteiger partial charge on any atom is 0.223 e. The van der Waals surface area contributed by atoms with Gasteiger partial charge in [-0.1, -0.05) is 11.6 Å². The lowest BCUT2D eigenvalue weighted by atomic mass is 9.87. The Morgan fingerprint density at radius 3 is 2.93 bits per heavy atom. The van der Waals surface area contributed by atoms with Gasteiger partial charge >= 0.3 is 0 Å². The van der Waals surface area contributed by atoms with Crippen molar-refractivity contribution in [2.45, 2.75) is 37.8 Å². The summed E-state index contributed by atoms with van der Waals surface area (Å²) in [5, 5.41) is 11.4. The van der Waals surface area contributed by atoms with Gasteiger partial charge in [0, 0.05) is 36.7 Å². The van der Waals surface area contributed by atoms with E-state index in [0.29, 0.717) is 11.6 Å². The smallest absolute Gasteiger partial charge is 0.223 e. The van der Waals surface area contributed by atoms with Gasteiger partial charge < -0.3 is 15.4 Å². The molecule has 0 aromatic carbocycles. The second kappa shape index (κ2) is 7.58. The van der Waals surface area contributed by atoms with Crippen molar-refractivity contribution in [3.05, 3.63) is 41.4 Å². The van der Waals surface area contributed by atoms with E-state index in [-0.39, 0.29) is 17.9 Å². The zero-order chi connectivity index (χ0) is 18.9. The van der Waals surface area contributed by atoms with Crippen LogP contribution in [0.2, 0.25) is 5.02 Å². The van der Waals surface area contributed by atoms with Crippen molar-refractivity contribution in [3.63, 3.8) is 0 Å². The van der Waals surface area contributed by atoms with E-state index in [4.69, 9.17) is 16.3 Å². The van der Waals surface area contributed by atoms with Gasteiger partial charge in [-0.3, -0.25) is 9.78 Å². The van der Waals surface area contributed by atoms with E-state index >= 15 is 0 Å². The molecule has 0 saturated carbocycles. The molecule has 2 aromatic heterocycles. The first-order valence-corrected chi connectivity index (χ1v) is 9.76. The average Bonchev–Trinajstić information content (AvgIpc) is 3.29. The number of halogens is 1. The van der Waals surface area contributed by atoms with Crippen LogP contribution in [-0.2, 0) is 15.1 Å². The van der Waals surface area contributed by atoms with E-state index < -0.39 is 5.60 Å². The summed E-state index contributed by atoms with van der Waals surface area (Å²) in [5.41, 5.74) is 1.06. The molecule has 0 bridgehead atoms. The molecule has 0 radical (unpaired) electrons. The summed E-state index contributed by atoms with van der Waals surface area (Å²) in [6, 6.07) is 1.77. The van der Waals surface area contributed by atoms with Crippen molar-refractivity contribution in [1.82, 2.24) is 25.4 Å². The van der Waals surface area contributed by atoms with Crippen LogP contribution < -0.4 is 10.6 Å². The number of carbonyl (C=O) groups is 1. The van der Waals surface area contributed by atoms with Crippen LogP contribution in [0.25, 0.3) is 5.69 Å². The van der Waals surface area contributed by atoms with E-state index in [1.54, 1.807) is 29.5 Å². The van der Waals surface area contributed by atoms with Crippen molar-refractivity contribution >= 4 is 17.5 Å². The van der Waals surface area contributed by atoms with E-state index in [2.05, 4.69) is 20.7 Å². The Hall–Kier alpha value is -1.96. The van der Waals surface area contributed by atoms with Crippen molar-refractivity contribution in [2.75, 3.05) is 19.7 Å². The lowest BCUT2D eigenvalue weighted by Crippen LogP contribution is -2.49. The van der Waals surface area contributed by atoms with Crippen LogP contribution >= 0.6 is 11.6 Å². The number of pyridine rings is 1. The Kier molecular flexibility index (Phi) is 5.16. The average molecular weight is 390 g/mol. The maximum atomic E-state index is 12.8. The number of hydrogen-bond acceptors (Lipinski definition) is 5. The molecule has 2 N–H and O–H groups in total. The highest BCUT2D eigenvalue weighted by molar-refractivity contribution is 6.30. The van der Waals surface area contributed by atoms with Gasteiger partial charge in [-0.2, -0.15) is 5.10 Å². The molecule has 4 heterocycles. The van der Waals surface area contributed by atoms with E-state index in [0.717, 1.165) is 43.6 Å². The number of piperidine rings is 1. The van der Waals surface area contributed by atoms with Gasteiger partial charge in [-0.15, -0.1) is 0 Å². The van der Waals surface area contributed by atoms with Crippen molar-refractivity contribution in [1.29, 1.82) is 0 Å². The van der Waals surface area contributed by atoms with Crippen molar-refractivity contribution in [3.8, 4) is 5.69 Å². The summed E-state index contributed by atoms with van der Waals surface area (Å²) in [7, 11) is 0. The number of amides is 1. The zero-order valence-electron chi connectivity index (χ0n) is 15.3. The molecule has 1 unspecified atom stereocenters. The summed E-state index contributed by atoms with van der Waals surface area (Å²) in [6.45, 7) is 4.38. The van der Waals surface area contributed by atoms with E-state index in [1.807, 2.05) is 13.0 Å². The first-order valence-electron chi connectivity index (χ1n) is 9.38. The van der Waals surface area contributed by atoms with Gasteiger partial charge in [-0.25, -0.2) is 4.68 Å². The van der Waals surface area contributed by atoms with Crippen LogP contribution in [-0.4, -0.2) is 46.4 Å². The summed E-state index contributed by atoms with van der Waals surface area (Å²) in [5.74, 6) is 0.181. The largest absolute Gasteiger partial charge is 0.368 e. The molecule has 144 valence electrons. The van der Waals surface area contributed by atoms with E-state index in [9.17, 15) is 4.79 Å². The predicted molar refractivity (Wildman–Crippen MR) is 102 cm³/mol. The van der Waals surface area contributed by atoms with Gasteiger partial charge in [0.15, 0.2) is 0 Å². The summed E-state index contributed by atoms with van der Waals surface area (Å²) in [4.78, 5) is 17.1. The lowest BCUT2D eigenvalue weighted by Gasteiger charge is -2.34. The molecule has 0 aliphatic carbocycles. The van der Waals surface area contributed by atoms with Crippen molar-refractivity contribution in [2.24, 2.45) is 5.92 Å². The number of nitrogens with one attached hydrogen (secondary N) is 2. The van der Waals surface area contributed by atoms with Gasteiger partial charge in [0.05, 0.1) is 22.9 Å². The first kappa shape index (κ1) is 18.4. The molecule has 0 spiro atoms. The number of hydrogen-bond donors (Lipinski definition) is 2. The second-order valence-electron chi connectivity index (χ2n) is 7.33. The molecule has 7 nitrogen and oxygen atoms in total. The minimum absolute atomic E-state index is 0.0643. The number of aromatic nitrogens is 3. The quantitative estimate of drug-likeness (QED) is 0.836. The Labute approximate surface area is 163 Å². The fourth-order valence-corrected chi connectivity index (χ4v) is 4.15. The first-order chi connectivity index (χ1) is 13.1. The molecule has 2 saturated heterocycles. The number of nitrogens with zero attached hydrogens (tertiary/aromatic N) is 3. The number of ether oxygens (including phenoxy) is 1. The monoisotopic (exact) mass is 389 g/mol. The third-order valence-corrected chi connectivity index (χ3v) is 5.83. The van der Waals surface area contributed by atoms with Crippen LogP contribution in [0, 0.1) is 5.92 Å². The third kappa shape index (κ3) is 3.59. The molecule has 2 aliphatic heterocycles. The van der Waals surface area contributed by atoms with Gasteiger partial charge in [0.1, 0.15) is 5.60 Å². The Morgan fingerprint density at radius 1 is 1.37 bits per heavy atom. The molecule has 8 heteroatoms. The Morgan fingerprint density at radius 2 is 2.19 bits per heavy atom. The molecule has 1 amide bonds. The lowest BCUT2D eigenvalue weighted by molar-refractivity contribution is -0.128. The highest BCUT2D eigenvalue weighted by atomic mass is 35.5. The molecular formula is C19H24ClN5O2. The predicted octanol–water partition coefficient (Wildman–Crippen LogP) is 2.04. The molecule has 27 heavy (non-hydrogen) atoms. The Balaban J connectivity index is 1.61. The van der Waals surface area contributed by atoms with Crippen LogP contribution in [0.4, 0.5) is 0 Å². The second-order valence-corrected chi connectivity index (χ2v) is 7.76. The minimum Gasteiger partial charge on any atom is -0.368 e. The Bertz CT molecular complexity index is 820. The third-order valence-electron chi connectivity index (χ3n) is 5.63. The van der Waals surface area contributed by atoms with Crippen LogP contribution in [0.3, 0.4) is 0 Å². The number of carbonyl (C=O) groups excluding carboxylic acids is 1. The zero-order valence-corrected chi connectivity index (χ0v) is 16.1. The minimum atomic E-state index is -0.676. The highest BCUT2D eigenvalue weighted by Gasteiger charge is 2.45. The van der Waals surface area contributed by atoms with Crippen molar-refractivity contribution < 1.29 is 9.53 Å². The summed E-state index contributed by atoms with van der Waals surface area (Å²) in [6.07, 6.45) is 9.37. The fraction of sp³-hybridized carbons (Fsp3) is 0.526. The molecular weight excluding hydrogens is 366 g/mol. The summed E-state index contributed by atoms with van der Waals surface area (Å²) < 4.78 is 7.88. The highest BCUT2D eigenvalue weighted by Crippen LogP contribution is 2.39. The van der Waals surface area contributed by atoms with Gasteiger partial charge in [-0.05, 0) is 45.3 Å². The maximum absolute atomic E-state index is 12.8. The van der Waals surface area contributed by atoms with Gasteiger partial charge in [0.2, 0.25) is 5.91 Å². The van der Waals surface area contributed by atoms with Crippen LogP contribution in [0.15, 0.2) is 30.9 Å². The standard InChI is InChI=1S/C19H24ClN5O2/c1-19(15-11-22-8-4-16(15)25-12-14(20)10-23-25)17(5-9-27-19)24-18(26)13-2-6-21-7-3-13/h4,8,10-13,17,21H,2-3,5-7,9H2,1H3,(H,24,26)/t17-,19?/m0/s1. The molecule has 2 fully saturated rings.